The first-order valence-electron chi connectivity index (χ1n) is 6.58. The lowest BCUT2D eigenvalue weighted by atomic mass is 10.1. The number of anilines is 2. The van der Waals surface area contributed by atoms with E-state index in [9.17, 15) is 14.0 Å². The van der Waals surface area contributed by atoms with Gasteiger partial charge in [-0.25, -0.2) is 4.39 Å². The minimum absolute atomic E-state index is 0.0586. The molecule has 0 fully saturated rings. The molecule has 0 unspecified atom stereocenters. The number of carbonyl (C=O) groups excluding carboxylic acids is 1. The van der Waals surface area contributed by atoms with Crippen LogP contribution in [-0.4, -0.2) is 10.5 Å². The average Bonchev–Trinajstić information content (AvgIpc) is 2.45. The fraction of sp³-hybridized carbons (Fsp3) is 0.200. The largest absolute Gasteiger partial charge is 0.396 e. The van der Waals surface area contributed by atoms with E-state index < -0.39 is 11.7 Å². The van der Waals surface area contributed by atoms with Crippen molar-refractivity contribution in [2.24, 2.45) is 0 Å². The van der Waals surface area contributed by atoms with E-state index in [1.807, 2.05) is 6.92 Å². The first-order chi connectivity index (χ1) is 10.0. The molecule has 110 valence electrons. The van der Waals surface area contributed by atoms with Crippen molar-refractivity contribution in [3.05, 3.63) is 58.3 Å². The van der Waals surface area contributed by atoms with Gasteiger partial charge < -0.3 is 15.6 Å². The van der Waals surface area contributed by atoms with Crippen molar-refractivity contribution in [3.8, 4) is 0 Å². The predicted octanol–water partition coefficient (Wildman–Crippen LogP) is 2.23. The Labute approximate surface area is 121 Å². The van der Waals surface area contributed by atoms with Crippen LogP contribution in [0.2, 0.25) is 0 Å². The van der Waals surface area contributed by atoms with Gasteiger partial charge >= 0.3 is 0 Å². The van der Waals surface area contributed by atoms with Gasteiger partial charge in [-0.1, -0.05) is 13.0 Å². The zero-order chi connectivity index (χ0) is 15.4. The molecular formula is C15H16FN3O2. The van der Waals surface area contributed by atoms with Crippen molar-refractivity contribution in [3.63, 3.8) is 0 Å². The molecule has 2 aromatic rings. The normalized spacial score (nSPS) is 10.4. The molecule has 0 bridgehead atoms. The summed E-state index contributed by atoms with van der Waals surface area (Å²) in [4.78, 5) is 23.7. The van der Waals surface area contributed by atoms with E-state index in [1.165, 1.54) is 34.9 Å². The number of benzene rings is 1. The van der Waals surface area contributed by atoms with E-state index in [-0.39, 0.29) is 16.8 Å². The highest BCUT2D eigenvalue weighted by molar-refractivity contribution is 6.07. The Morgan fingerprint density at radius 1 is 1.33 bits per heavy atom. The second-order valence-electron chi connectivity index (χ2n) is 4.60. The lowest BCUT2D eigenvalue weighted by Crippen LogP contribution is -2.21. The SMILES string of the molecule is CCCn1cc(NC(=O)c2cccc(F)c2N)ccc1=O. The quantitative estimate of drug-likeness (QED) is 0.847. The van der Waals surface area contributed by atoms with Crippen LogP contribution in [0.5, 0.6) is 0 Å². The van der Waals surface area contributed by atoms with Crippen molar-refractivity contribution in [2.75, 3.05) is 11.1 Å². The van der Waals surface area contributed by atoms with Crippen molar-refractivity contribution in [2.45, 2.75) is 19.9 Å². The molecule has 1 heterocycles. The number of rotatable bonds is 4. The molecule has 0 radical (unpaired) electrons. The molecule has 1 amide bonds. The number of nitrogen functional groups attached to an aromatic ring is 1. The minimum atomic E-state index is -0.640. The third-order valence-electron chi connectivity index (χ3n) is 3.00. The number of pyridine rings is 1. The molecule has 0 aliphatic heterocycles. The number of amides is 1. The molecule has 3 N–H and O–H groups in total. The van der Waals surface area contributed by atoms with Gasteiger partial charge in [0, 0.05) is 18.8 Å². The molecule has 0 spiro atoms. The van der Waals surface area contributed by atoms with Gasteiger partial charge in [-0.2, -0.15) is 0 Å². The number of para-hydroxylation sites is 1. The summed E-state index contributed by atoms with van der Waals surface area (Å²) < 4.78 is 14.8. The molecule has 1 aromatic heterocycles. The fourth-order valence-corrected chi connectivity index (χ4v) is 1.95. The Bertz CT molecular complexity index is 725. The van der Waals surface area contributed by atoms with Gasteiger partial charge in [0.05, 0.1) is 16.9 Å². The molecule has 2 rings (SSSR count). The number of carbonyl (C=O) groups is 1. The van der Waals surface area contributed by atoms with Gasteiger partial charge in [0.25, 0.3) is 11.5 Å². The van der Waals surface area contributed by atoms with Crippen LogP contribution >= 0.6 is 0 Å². The predicted molar refractivity (Wildman–Crippen MR) is 79.8 cm³/mol. The third-order valence-corrected chi connectivity index (χ3v) is 3.00. The molecule has 1 aromatic carbocycles. The van der Waals surface area contributed by atoms with Crippen LogP contribution in [0.25, 0.3) is 0 Å². The van der Waals surface area contributed by atoms with E-state index in [1.54, 1.807) is 6.20 Å². The molecule has 0 aliphatic rings. The van der Waals surface area contributed by atoms with Crippen LogP contribution in [0.15, 0.2) is 41.3 Å². The first-order valence-corrected chi connectivity index (χ1v) is 6.58. The van der Waals surface area contributed by atoms with Gasteiger partial charge in [0.2, 0.25) is 0 Å². The van der Waals surface area contributed by atoms with E-state index >= 15 is 0 Å². The summed E-state index contributed by atoms with van der Waals surface area (Å²) in [5, 5.41) is 2.61. The summed E-state index contributed by atoms with van der Waals surface area (Å²) in [7, 11) is 0. The third kappa shape index (κ3) is 3.28. The van der Waals surface area contributed by atoms with Crippen LogP contribution in [0.1, 0.15) is 23.7 Å². The van der Waals surface area contributed by atoms with Crippen molar-refractivity contribution < 1.29 is 9.18 Å². The Morgan fingerprint density at radius 2 is 2.10 bits per heavy atom. The summed E-state index contributed by atoms with van der Waals surface area (Å²) in [5.74, 6) is -1.16. The lowest BCUT2D eigenvalue weighted by molar-refractivity contribution is 0.102. The number of halogens is 1. The summed E-state index contributed by atoms with van der Waals surface area (Å²) >= 11 is 0. The van der Waals surface area contributed by atoms with Gasteiger partial charge in [-0.15, -0.1) is 0 Å². The van der Waals surface area contributed by atoms with Gasteiger partial charge in [0.15, 0.2) is 0 Å². The minimum Gasteiger partial charge on any atom is -0.396 e. The number of hydrogen-bond donors (Lipinski definition) is 2. The summed E-state index contributed by atoms with van der Waals surface area (Å²) in [5.41, 5.74) is 5.73. The van der Waals surface area contributed by atoms with E-state index in [0.717, 1.165) is 6.42 Å². The number of nitrogens with two attached hydrogens (primary N) is 1. The highest BCUT2D eigenvalue weighted by Gasteiger charge is 2.13. The number of aromatic nitrogens is 1. The zero-order valence-corrected chi connectivity index (χ0v) is 11.6. The van der Waals surface area contributed by atoms with Gasteiger partial charge in [0.1, 0.15) is 5.82 Å². The Kier molecular flexibility index (Phi) is 4.37. The highest BCUT2D eigenvalue weighted by atomic mass is 19.1. The maximum atomic E-state index is 13.3. The lowest BCUT2D eigenvalue weighted by Gasteiger charge is -2.10. The molecule has 21 heavy (non-hydrogen) atoms. The number of nitrogens with zero attached hydrogens (tertiary/aromatic N) is 1. The van der Waals surface area contributed by atoms with Crippen LogP contribution in [0, 0.1) is 5.82 Å². The first kappa shape index (κ1) is 14.8. The standard InChI is InChI=1S/C15H16FN3O2/c1-2-8-19-9-10(6-7-13(19)20)18-15(21)11-4-3-5-12(16)14(11)17/h3-7,9H,2,8,17H2,1H3,(H,18,21). The summed E-state index contributed by atoms with van der Waals surface area (Å²) in [6.07, 6.45) is 2.35. The van der Waals surface area contributed by atoms with Crippen molar-refractivity contribution in [1.82, 2.24) is 4.57 Å². The fourth-order valence-electron chi connectivity index (χ4n) is 1.95. The van der Waals surface area contributed by atoms with Crippen LogP contribution in [-0.2, 0) is 6.54 Å². The molecule has 0 atom stereocenters. The molecule has 0 aliphatic carbocycles. The Morgan fingerprint density at radius 3 is 2.81 bits per heavy atom. The Hall–Kier alpha value is -2.63. The van der Waals surface area contributed by atoms with Crippen LogP contribution in [0.4, 0.5) is 15.8 Å². The maximum absolute atomic E-state index is 13.3. The molecule has 0 saturated carbocycles. The van der Waals surface area contributed by atoms with Crippen LogP contribution < -0.4 is 16.6 Å². The van der Waals surface area contributed by atoms with Crippen LogP contribution in [0.3, 0.4) is 0 Å². The topological polar surface area (TPSA) is 77.1 Å². The zero-order valence-electron chi connectivity index (χ0n) is 11.6. The molecule has 0 saturated heterocycles. The highest BCUT2D eigenvalue weighted by Crippen LogP contribution is 2.17. The van der Waals surface area contributed by atoms with Gasteiger partial charge in [-0.3, -0.25) is 9.59 Å². The van der Waals surface area contributed by atoms with E-state index in [4.69, 9.17) is 5.73 Å². The number of hydrogen-bond acceptors (Lipinski definition) is 3. The summed E-state index contributed by atoms with van der Waals surface area (Å²) in [6, 6.07) is 6.92. The molecule has 6 heteroatoms. The maximum Gasteiger partial charge on any atom is 0.257 e. The Balaban J connectivity index is 2.25. The van der Waals surface area contributed by atoms with Crippen molar-refractivity contribution in [1.29, 1.82) is 0 Å². The average molecular weight is 289 g/mol. The van der Waals surface area contributed by atoms with Gasteiger partial charge in [-0.05, 0) is 24.6 Å². The smallest absolute Gasteiger partial charge is 0.257 e. The molecule has 5 nitrogen and oxygen atoms in total. The monoisotopic (exact) mass is 289 g/mol. The number of aryl methyl sites for hydroxylation is 1. The van der Waals surface area contributed by atoms with E-state index in [0.29, 0.717) is 12.2 Å². The van der Waals surface area contributed by atoms with Crippen molar-refractivity contribution >= 4 is 17.3 Å². The second-order valence-corrected chi connectivity index (χ2v) is 4.60. The second kappa shape index (κ2) is 6.21. The van der Waals surface area contributed by atoms with E-state index in [2.05, 4.69) is 5.32 Å². The molecular weight excluding hydrogens is 273 g/mol. The summed E-state index contributed by atoms with van der Waals surface area (Å²) in [6.45, 7) is 2.51. The number of nitrogens with one attached hydrogen (secondary N) is 1.